The summed E-state index contributed by atoms with van der Waals surface area (Å²) in [4.78, 5) is 11.5. The minimum absolute atomic E-state index is 0.444. The van der Waals surface area contributed by atoms with E-state index in [1.807, 2.05) is 32.0 Å². The predicted octanol–water partition coefficient (Wildman–Crippen LogP) is 2.44. The normalized spacial score (nSPS) is 14.0. The SMILES string of the molecule is CCC(CC)(CNCc1cccc2c1OCCO2)C(=O)O. The van der Waals surface area contributed by atoms with Gasteiger partial charge in [0, 0.05) is 18.7 Å². The molecule has 0 bridgehead atoms. The van der Waals surface area contributed by atoms with Crippen LogP contribution in [0.2, 0.25) is 0 Å². The Morgan fingerprint density at radius 3 is 2.67 bits per heavy atom. The van der Waals surface area contributed by atoms with E-state index in [1.165, 1.54) is 0 Å². The van der Waals surface area contributed by atoms with Crippen molar-refractivity contribution in [3.63, 3.8) is 0 Å². The Kier molecular flexibility index (Phi) is 5.07. The fourth-order valence-corrected chi connectivity index (χ4v) is 2.59. The van der Waals surface area contributed by atoms with Crippen LogP contribution in [0.3, 0.4) is 0 Å². The zero-order valence-corrected chi connectivity index (χ0v) is 12.6. The van der Waals surface area contributed by atoms with Crippen LogP contribution in [0, 0.1) is 5.41 Å². The van der Waals surface area contributed by atoms with E-state index in [0.29, 0.717) is 39.1 Å². The van der Waals surface area contributed by atoms with Gasteiger partial charge >= 0.3 is 5.97 Å². The topological polar surface area (TPSA) is 67.8 Å². The smallest absolute Gasteiger partial charge is 0.310 e. The number of nitrogens with one attached hydrogen (secondary N) is 1. The number of hydrogen-bond donors (Lipinski definition) is 2. The third-order valence-corrected chi connectivity index (χ3v) is 4.23. The maximum absolute atomic E-state index is 11.5. The van der Waals surface area contributed by atoms with Crippen molar-refractivity contribution in [1.82, 2.24) is 5.32 Å². The van der Waals surface area contributed by atoms with E-state index in [9.17, 15) is 9.90 Å². The van der Waals surface area contributed by atoms with Gasteiger partial charge in [-0.15, -0.1) is 0 Å². The van der Waals surface area contributed by atoms with Gasteiger partial charge in [-0.3, -0.25) is 4.79 Å². The molecule has 5 nitrogen and oxygen atoms in total. The van der Waals surface area contributed by atoms with Crippen LogP contribution in [-0.2, 0) is 11.3 Å². The van der Waals surface area contributed by atoms with E-state index < -0.39 is 11.4 Å². The van der Waals surface area contributed by atoms with Gasteiger partial charge in [0.15, 0.2) is 11.5 Å². The zero-order chi connectivity index (χ0) is 15.3. The second kappa shape index (κ2) is 6.80. The molecule has 0 atom stereocenters. The monoisotopic (exact) mass is 293 g/mol. The Bertz CT molecular complexity index is 497. The Hall–Kier alpha value is -1.75. The molecule has 0 saturated carbocycles. The standard InChI is InChI=1S/C16H23NO4/c1-3-16(4-2,15(18)19)11-17-10-12-6-5-7-13-14(12)21-9-8-20-13/h5-7,17H,3-4,8-11H2,1-2H3,(H,18,19). The maximum Gasteiger partial charge on any atom is 0.310 e. The molecule has 5 heteroatoms. The summed E-state index contributed by atoms with van der Waals surface area (Å²) in [7, 11) is 0. The van der Waals surface area contributed by atoms with E-state index in [2.05, 4.69) is 5.32 Å². The first kappa shape index (κ1) is 15.6. The number of carboxylic acids is 1. The molecule has 0 amide bonds. The molecular weight excluding hydrogens is 270 g/mol. The summed E-state index contributed by atoms with van der Waals surface area (Å²) in [6.07, 6.45) is 1.22. The highest BCUT2D eigenvalue weighted by Gasteiger charge is 2.34. The lowest BCUT2D eigenvalue weighted by Gasteiger charge is -2.27. The van der Waals surface area contributed by atoms with Gasteiger partial charge in [0.1, 0.15) is 13.2 Å². The fraction of sp³-hybridized carbons (Fsp3) is 0.562. The summed E-state index contributed by atoms with van der Waals surface area (Å²) >= 11 is 0. The van der Waals surface area contributed by atoms with E-state index in [-0.39, 0.29) is 0 Å². The molecular formula is C16H23NO4. The summed E-state index contributed by atoms with van der Waals surface area (Å²) < 4.78 is 11.2. The summed E-state index contributed by atoms with van der Waals surface area (Å²) in [6, 6.07) is 5.78. The first-order valence-electron chi connectivity index (χ1n) is 7.44. The van der Waals surface area contributed by atoms with E-state index in [4.69, 9.17) is 9.47 Å². The average molecular weight is 293 g/mol. The average Bonchev–Trinajstić information content (AvgIpc) is 2.52. The van der Waals surface area contributed by atoms with Crippen LogP contribution in [-0.4, -0.2) is 30.8 Å². The summed E-state index contributed by atoms with van der Waals surface area (Å²) in [6.45, 7) is 5.97. The minimum atomic E-state index is -0.741. The van der Waals surface area contributed by atoms with E-state index in [0.717, 1.165) is 17.1 Å². The molecule has 1 aliphatic rings. The van der Waals surface area contributed by atoms with Crippen LogP contribution in [0.1, 0.15) is 32.3 Å². The molecule has 0 aromatic heterocycles. The summed E-state index contributed by atoms with van der Waals surface area (Å²) in [5, 5.41) is 12.7. The molecule has 0 saturated heterocycles. The maximum atomic E-state index is 11.5. The number of benzene rings is 1. The molecule has 21 heavy (non-hydrogen) atoms. The van der Waals surface area contributed by atoms with Crippen molar-refractivity contribution in [3.05, 3.63) is 23.8 Å². The van der Waals surface area contributed by atoms with Crippen molar-refractivity contribution >= 4 is 5.97 Å². The van der Waals surface area contributed by atoms with Crippen LogP contribution in [0.4, 0.5) is 0 Å². The molecule has 2 rings (SSSR count). The largest absolute Gasteiger partial charge is 0.486 e. The van der Waals surface area contributed by atoms with Gasteiger partial charge in [-0.1, -0.05) is 26.0 Å². The molecule has 116 valence electrons. The first-order valence-corrected chi connectivity index (χ1v) is 7.44. The number of aliphatic carboxylic acids is 1. The zero-order valence-electron chi connectivity index (χ0n) is 12.6. The van der Waals surface area contributed by atoms with Crippen LogP contribution in [0.15, 0.2) is 18.2 Å². The van der Waals surface area contributed by atoms with Crippen molar-refractivity contribution < 1.29 is 19.4 Å². The van der Waals surface area contributed by atoms with Crippen molar-refractivity contribution in [2.24, 2.45) is 5.41 Å². The van der Waals surface area contributed by atoms with Crippen molar-refractivity contribution in [3.8, 4) is 11.5 Å². The molecule has 2 N–H and O–H groups in total. The van der Waals surface area contributed by atoms with Gasteiger partial charge in [-0.05, 0) is 18.9 Å². The number of para-hydroxylation sites is 1. The van der Waals surface area contributed by atoms with Gasteiger partial charge in [0.2, 0.25) is 0 Å². The highest BCUT2D eigenvalue weighted by Crippen LogP contribution is 2.33. The van der Waals surface area contributed by atoms with Gasteiger partial charge in [-0.2, -0.15) is 0 Å². The molecule has 0 spiro atoms. The minimum Gasteiger partial charge on any atom is -0.486 e. The molecule has 1 aliphatic heterocycles. The lowest BCUT2D eigenvalue weighted by molar-refractivity contribution is -0.149. The third-order valence-electron chi connectivity index (χ3n) is 4.23. The van der Waals surface area contributed by atoms with Crippen molar-refractivity contribution in [2.75, 3.05) is 19.8 Å². The fourth-order valence-electron chi connectivity index (χ4n) is 2.59. The molecule has 1 aromatic carbocycles. The summed E-state index contributed by atoms with van der Waals surface area (Å²) in [5.74, 6) is 0.788. The lowest BCUT2D eigenvalue weighted by atomic mass is 9.82. The Labute approximate surface area is 125 Å². The van der Waals surface area contributed by atoms with Crippen molar-refractivity contribution in [2.45, 2.75) is 33.2 Å². The number of rotatable bonds is 7. The molecule has 1 heterocycles. The van der Waals surface area contributed by atoms with Gasteiger partial charge in [0.25, 0.3) is 0 Å². The van der Waals surface area contributed by atoms with E-state index in [1.54, 1.807) is 0 Å². The highest BCUT2D eigenvalue weighted by atomic mass is 16.6. The second-order valence-electron chi connectivity index (χ2n) is 5.34. The Balaban J connectivity index is 2.02. The molecule has 0 fully saturated rings. The third kappa shape index (κ3) is 3.29. The predicted molar refractivity (Wildman–Crippen MR) is 79.8 cm³/mol. The molecule has 0 aliphatic carbocycles. The number of hydrogen-bond acceptors (Lipinski definition) is 4. The van der Waals surface area contributed by atoms with Gasteiger partial charge in [0.05, 0.1) is 5.41 Å². The quantitative estimate of drug-likeness (QED) is 0.808. The summed E-state index contributed by atoms with van der Waals surface area (Å²) in [5.41, 5.74) is 0.297. The number of carbonyl (C=O) groups is 1. The molecule has 0 unspecified atom stereocenters. The van der Waals surface area contributed by atoms with E-state index >= 15 is 0 Å². The number of carboxylic acid groups (broad SMARTS) is 1. The Morgan fingerprint density at radius 2 is 2.00 bits per heavy atom. The molecule has 0 radical (unpaired) electrons. The highest BCUT2D eigenvalue weighted by molar-refractivity contribution is 5.74. The van der Waals surface area contributed by atoms with Crippen LogP contribution in [0.25, 0.3) is 0 Å². The number of ether oxygens (including phenoxy) is 2. The Morgan fingerprint density at radius 1 is 1.29 bits per heavy atom. The van der Waals surface area contributed by atoms with Crippen molar-refractivity contribution in [1.29, 1.82) is 0 Å². The lowest BCUT2D eigenvalue weighted by Crippen LogP contribution is -2.40. The van der Waals surface area contributed by atoms with Crippen LogP contribution in [0.5, 0.6) is 11.5 Å². The van der Waals surface area contributed by atoms with Gasteiger partial charge < -0.3 is 19.9 Å². The first-order chi connectivity index (χ1) is 10.1. The second-order valence-corrected chi connectivity index (χ2v) is 5.34. The van der Waals surface area contributed by atoms with Crippen LogP contribution >= 0.6 is 0 Å². The van der Waals surface area contributed by atoms with Gasteiger partial charge in [-0.25, -0.2) is 0 Å². The molecule has 1 aromatic rings. The number of fused-ring (bicyclic) bond motifs is 1. The van der Waals surface area contributed by atoms with Crippen LogP contribution < -0.4 is 14.8 Å².